The van der Waals surface area contributed by atoms with Gasteiger partial charge in [-0.2, -0.15) is 0 Å². The normalized spacial score (nSPS) is 11.8. The smallest absolute Gasteiger partial charge is 0.404 e. The molecule has 0 aliphatic rings. The molecule has 0 saturated carbocycles. The standard InChI is InChI=1S/C21H16F4N4O2/c1-27-18(8-9-26)20(30)29-17-6-3-13(11-19(17)31-21(23,24)25)15-5-2-12-10-14(22)4-7-16(12)28-15/h2-11,26-27H,1H3,(H,29,30)/b18-8-,26-9?. The van der Waals surface area contributed by atoms with Crippen molar-refractivity contribution in [2.45, 2.75) is 6.36 Å². The second-order valence-corrected chi connectivity index (χ2v) is 6.24. The minimum atomic E-state index is -5.00. The SMILES string of the molecule is CN/C(=C\C=N)C(=O)Nc1ccc(-c2ccc3cc(F)ccc3n2)cc1OC(F)(F)F. The highest BCUT2D eigenvalue weighted by molar-refractivity contribution is 6.06. The predicted molar refractivity (Wildman–Crippen MR) is 108 cm³/mol. The maximum Gasteiger partial charge on any atom is 0.573 e. The van der Waals surface area contributed by atoms with Crippen LogP contribution in [0, 0.1) is 11.2 Å². The Bertz CT molecular complexity index is 1180. The Morgan fingerprint density at radius 1 is 1.13 bits per heavy atom. The highest BCUT2D eigenvalue weighted by Crippen LogP contribution is 2.35. The van der Waals surface area contributed by atoms with Crippen molar-refractivity contribution in [2.24, 2.45) is 0 Å². The van der Waals surface area contributed by atoms with Crippen molar-refractivity contribution in [3.63, 3.8) is 0 Å². The zero-order chi connectivity index (χ0) is 22.6. The van der Waals surface area contributed by atoms with Gasteiger partial charge >= 0.3 is 6.36 Å². The second kappa shape index (κ2) is 8.82. The largest absolute Gasteiger partial charge is 0.573 e. The monoisotopic (exact) mass is 432 g/mol. The average molecular weight is 432 g/mol. The topological polar surface area (TPSA) is 87.1 Å². The van der Waals surface area contributed by atoms with E-state index in [4.69, 9.17) is 5.41 Å². The molecule has 0 bridgehead atoms. The first-order valence-electron chi connectivity index (χ1n) is 8.86. The van der Waals surface area contributed by atoms with Crippen molar-refractivity contribution < 1.29 is 27.1 Å². The molecule has 0 spiro atoms. The predicted octanol–water partition coefficient (Wildman–Crippen LogP) is 4.63. The third-order valence-corrected chi connectivity index (χ3v) is 4.17. The minimum Gasteiger partial charge on any atom is -0.404 e. The number of pyridine rings is 1. The van der Waals surface area contributed by atoms with E-state index < -0.39 is 23.8 Å². The zero-order valence-corrected chi connectivity index (χ0v) is 16.0. The fraction of sp³-hybridized carbons (Fsp3) is 0.0952. The summed E-state index contributed by atoms with van der Waals surface area (Å²) in [4.78, 5) is 16.6. The van der Waals surface area contributed by atoms with Crippen molar-refractivity contribution in [1.29, 1.82) is 5.41 Å². The lowest BCUT2D eigenvalue weighted by Gasteiger charge is -2.16. The van der Waals surface area contributed by atoms with Crippen molar-refractivity contribution in [3.8, 4) is 17.0 Å². The van der Waals surface area contributed by atoms with Crippen LogP contribution in [0.25, 0.3) is 22.2 Å². The first-order chi connectivity index (χ1) is 14.7. The maximum atomic E-state index is 13.3. The number of nitrogens with zero attached hydrogens (tertiary/aromatic N) is 1. The Hall–Kier alpha value is -3.95. The summed E-state index contributed by atoms with van der Waals surface area (Å²) in [5, 5.41) is 12.4. The van der Waals surface area contributed by atoms with Crippen LogP contribution in [0.1, 0.15) is 0 Å². The third kappa shape index (κ3) is 5.35. The van der Waals surface area contributed by atoms with Crippen LogP contribution < -0.4 is 15.4 Å². The van der Waals surface area contributed by atoms with E-state index in [1.807, 2.05) is 0 Å². The van der Waals surface area contributed by atoms with Crippen molar-refractivity contribution in [2.75, 3.05) is 12.4 Å². The number of likely N-dealkylation sites (N-methyl/N-ethyl adjacent to an activating group) is 1. The van der Waals surface area contributed by atoms with Gasteiger partial charge < -0.3 is 20.8 Å². The number of fused-ring (bicyclic) bond motifs is 1. The summed E-state index contributed by atoms with van der Waals surface area (Å²) in [7, 11) is 1.43. The maximum absolute atomic E-state index is 13.3. The number of aromatic nitrogens is 1. The van der Waals surface area contributed by atoms with E-state index in [0.29, 0.717) is 22.2 Å². The molecule has 3 aromatic rings. The van der Waals surface area contributed by atoms with Gasteiger partial charge in [0.25, 0.3) is 5.91 Å². The molecule has 10 heteroatoms. The van der Waals surface area contributed by atoms with Gasteiger partial charge in [-0.25, -0.2) is 9.37 Å². The first-order valence-corrected chi connectivity index (χ1v) is 8.86. The van der Waals surface area contributed by atoms with E-state index >= 15 is 0 Å². The quantitative estimate of drug-likeness (QED) is 0.301. The van der Waals surface area contributed by atoms with Crippen molar-refractivity contribution in [3.05, 3.63) is 66.1 Å². The van der Waals surface area contributed by atoms with Gasteiger partial charge in [-0.1, -0.05) is 12.1 Å². The Kier molecular flexibility index (Phi) is 6.19. The number of rotatable bonds is 6. The number of hydrogen-bond acceptors (Lipinski definition) is 5. The number of nitrogens with one attached hydrogen (secondary N) is 3. The molecule has 0 unspecified atom stereocenters. The number of carbonyl (C=O) groups excluding carboxylic acids is 1. The van der Waals surface area contributed by atoms with Crippen LogP contribution in [-0.4, -0.2) is 30.5 Å². The summed E-state index contributed by atoms with van der Waals surface area (Å²) in [6, 6.07) is 10.9. The lowest BCUT2D eigenvalue weighted by molar-refractivity contribution is -0.274. The fourth-order valence-corrected chi connectivity index (χ4v) is 2.80. The second-order valence-electron chi connectivity index (χ2n) is 6.24. The van der Waals surface area contributed by atoms with E-state index in [1.54, 1.807) is 12.1 Å². The van der Waals surface area contributed by atoms with Crippen molar-refractivity contribution >= 4 is 28.7 Å². The van der Waals surface area contributed by atoms with Crippen LogP contribution in [-0.2, 0) is 4.79 Å². The Morgan fingerprint density at radius 3 is 2.58 bits per heavy atom. The molecule has 0 atom stereocenters. The molecule has 0 fully saturated rings. The van der Waals surface area contributed by atoms with E-state index in [9.17, 15) is 22.4 Å². The molecule has 2 aromatic carbocycles. The summed E-state index contributed by atoms with van der Waals surface area (Å²) in [5.41, 5.74) is 0.849. The van der Waals surface area contributed by atoms with Gasteiger partial charge in [0, 0.05) is 24.2 Å². The van der Waals surface area contributed by atoms with Crippen LogP contribution in [0.2, 0.25) is 0 Å². The average Bonchev–Trinajstić information content (AvgIpc) is 2.71. The molecule has 0 aliphatic carbocycles. The summed E-state index contributed by atoms with van der Waals surface area (Å²) < 4.78 is 56.3. The molecule has 6 nitrogen and oxygen atoms in total. The van der Waals surface area contributed by atoms with Crippen LogP contribution >= 0.6 is 0 Å². The number of benzene rings is 2. The van der Waals surface area contributed by atoms with Crippen LogP contribution in [0.15, 0.2) is 60.3 Å². The van der Waals surface area contributed by atoms with E-state index in [0.717, 1.165) is 18.4 Å². The number of carbonyl (C=O) groups is 1. The molecular weight excluding hydrogens is 416 g/mol. The Labute approximate surface area is 174 Å². The molecule has 0 aliphatic heterocycles. The van der Waals surface area contributed by atoms with Gasteiger partial charge in [0.2, 0.25) is 0 Å². The number of hydrogen-bond donors (Lipinski definition) is 3. The highest BCUT2D eigenvalue weighted by atomic mass is 19.4. The summed E-state index contributed by atoms with van der Waals surface area (Å²) in [5.74, 6) is -1.82. The third-order valence-electron chi connectivity index (χ3n) is 4.17. The summed E-state index contributed by atoms with van der Waals surface area (Å²) in [6.45, 7) is 0. The van der Waals surface area contributed by atoms with Crippen LogP contribution in [0.5, 0.6) is 5.75 Å². The van der Waals surface area contributed by atoms with Crippen molar-refractivity contribution in [1.82, 2.24) is 10.3 Å². The van der Waals surface area contributed by atoms with Gasteiger partial charge in [0.15, 0.2) is 5.75 Å². The number of allylic oxidation sites excluding steroid dienone is 1. The molecule has 0 radical (unpaired) electrons. The molecule has 3 rings (SSSR count). The van der Waals surface area contributed by atoms with E-state index in [2.05, 4.69) is 20.4 Å². The Balaban J connectivity index is 2.01. The number of halogens is 4. The van der Waals surface area contributed by atoms with Crippen LogP contribution in [0.3, 0.4) is 0 Å². The Morgan fingerprint density at radius 2 is 1.90 bits per heavy atom. The van der Waals surface area contributed by atoms with E-state index in [1.165, 1.54) is 37.4 Å². The molecule has 31 heavy (non-hydrogen) atoms. The van der Waals surface area contributed by atoms with Gasteiger partial charge in [0.1, 0.15) is 11.5 Å². The highest BCUT2D eigenvalue weighted by Gasteiger charge is 2.32. The van der Waals surface area contributed by atoms with Gasteiger partial charge in [-0.05, 0) is 42.5 Å². The lowest BCUT2D eigenvalue weighted by Crippen LogP contribution is -2.24. The summed E-state index contributed by atoms with van der Waals surface area (Å²) in [6.07, 6.45) is -2.99. The fourth-order valence-electron chi connectivity index (χ4n) is 2.80. The molecular formula is C21H16F4N4O2. The van der Waals surface area contributed by atoms with Gasteiger partial charge in [-0.3, -0.25) is 4.79 Å². The van der Waals surface area contributed by atoms with Gasteiger partial charge in [-0.15, -0.1) is 13.2 Å². The zero-order valence-electron chi connectivity index (χ0n) is 16.0. The minimum absolute atomic E-state index is 0.0273. The van der Waals surface area contributed by atoms with Crippen LogP contribution in [0.4, 0.5) is 23.2 Å². The molecule has 0 saturated heterocycles. The number of anilines is 1. The van der Waals surface area contributed by atoms with Gasteiger partial charge in [0.05, 0.1) is 16.9 Å². The first kappa shape index (κ1) is 21.8. The number of amides is 1. The molecule has 1 amide bonds. The number of ether oxygens (including phenoxy) is 1. The molecule has 1 aromatic heterocycles. The summed E-state index contributed by atoms with van der Waals surface area (Å²) >= 11 is 0. The molecule has 1 heterocycles. The molecule has 160 valence electrons. The van der Waals surface area contributed by atoms with E-state index in [-0.39, 0.29) is 11.4 Å². The lowest BCUT2D eigenvalue weighted by atomic mass is 10.1. The molecule has 3 N–H and O–H groups in total. The number of alkyl halides is 3.